The fourth-order valence-corrected chi connectivity index (χ4v) is 1.63. The Labute approximate surface area is 66.0 Å². The molecule has 0 spiro atoms. The van der Waals surface area contributed by atoms with Crippen LogP contribution in [0.4, 0.5) is 0 Å². The molecule has 0 aromatic rings. The summed E-state index contributed by atoms with van der Waals surface area (Å²) in [6, 6.07) is 0. The number of aliphatic carboxylic acids is 1. The van der Waals surface area contributed by atoms with Gasteiger partial charge in [-0.05, 0) is 17.9 Å². The quantitative estimate of drug-likeness (QED) is 0.670. The Morgan fingerprint density at radius 3 is 2.60 bits per heavy atom. The van der Waals surface area contributed by atoms with Crippen LogP contribution in [0, 0.1) is 5.92 Å². The van der Waals surface area contributed by atoms with E-state index >= 15 is 0 Å². The number of carboxylic acid groups (broad SMARTS) is 1. The van der Waals surface area contributed by atoms with E-state index in [1.165, 1.54) is 0 Å². The normalized spacial score (nSPS) is 13.0. The first-order valence-corrected chi connectivity index (χ1v) is 4.80. The Morgan fingerprint density at radius 1 is 1.70 bits per heavy atom. The van der Waals surface area contributed by atoms with Gasteiger partial charge in [-0.3, -0.25) is 4.79 Å². The summed E-state index contributed by atoms with van der Waals surface area (Å²) in [6.07, 6.45) is 3.29. The van der Waals surface area contributed by atoms with Crippen molar-refractivity contribution in [2.45, 2.75) is 19.8 Å². The molecule has 0 aromatic carbocycles. The molecule has 0 saturated heterocycles. The molecule has 0 bridgehead atoms. The number of carboxylic acids is 1. The summed E-state index contributed by atoms with van der Waals surface area (Å²) in [6.45, 7) is 2.03. The van der Waals surface area contributed by atoms with E-state index in [1.54, 1.807) is 11.8 Å². The highest BCUT2D eigenvalue weighted by atomic mass is 32.2. The molecule has 0 aliphatic heterocycles. The molecular weight excluding hydrogens is 148 g/mol. The van der Waals surface area contributed by atoms with Crippen molar-refractivity contribution in [3.63, 3.8) is 0 Å². The fourth-order valence-electron chi connectivity index (χ4n) is 0.804. The molecule has 0 aliphatic rings. The molecular formula is C7H14O2S. The van der Waals surface area contributed by atoms with Gasteiger partial charge in [-0.25, -0.2) is 0 Å². The van der Waals surface area contributed by atoms with Crippen LogP contribution < -0.4 is 0 Å². The Balaban J connectivity index is 3.49. The fraction of sp³-hybridized carbons (Fsp3) is 0.857. The maximum Gasteiger partial charge on any atom is 0.303 e. The lowest BCUT2D eigenvalue weighted by Gasteiger charge is -2.08. The van der Waals surface area contributed by atoms with Crippen molar-refractivity contribution in [3.8, 4) is 0 Å². The van der Waals surface area contributed by atoms with Crippen LogP contribution in [0.25, 0.3) is 0 Å². The van der Waals surface area contributed by atoms with E-state index in [0.717, 1.165) is 12.2 Å². The van der Waals surface area contributed by atoms with Crippen molar-refractivity contribution < 1.29 is 9.90 Å². The van der Waals surface area contributed by atoms with E-state index in [-0.39, 0.29) is 0 Å². The second kappa shape index (κ2) is 5.59. The lowest BCUT2D eigenvalue weighted by molar-refractivity contribution is -0.137. The average molecular weight is 162 g/mol. The maximum atomic E-state index is 10.2. The van der Waals surface area contributed by atoms with Crippen molar-refractivity contribution >= 4 is 17.7 Å². The van der Waals surface area contributed by atoms with Gasteiger partial charge in [-0.1, -0.05) is 13.3 Å². The molecule has 1 atom stereocenters. The minimum Gasteiger partial charge on any atom is -0.481 e. The third kappa shape index (κ3) is 4.68. The highest BCUT2D eigenvalue weighted by molar-refractivity contribution is 7.98. The summed E-state index contributed by atoms with van der Waals surface area (Å²) >= 11 is 1.71. The molecule has 1 unspecified atom stereocenters. The average Bonchev–Trinajstić information content (AvgIpc) is 1.86. The van der Waals surface area contributed by atoms with Gasteiger partial charge in [0, 0.05) is 6.42 Å². The topological polar surface area (TPSA) is 37.3 Å². The van der Waals surface area contributed by atoms with Crippen LogP contribution in [0.2, 0.25) is 0 Å². The van der Waals surface area contributed by atoms with Gasteiger partial charge >= 0.3 is 5.97 Å². The molecule has 0 rings (SSSR count). The van der Waals surface area contributed by atoms with E-state index in [2.05, 4.69) is 0 Å². The van der Waals surface area contributed by atoms with Gasteiger partial charge in [0.1, 0.15) is 0 Å². The predicted octanol–water partition coefficient (Wildman–Crippen LogP) is 1.85. The van der Waals surface area contributed by atoms with Gasteiger partial charge in [0.2, 0.25) is 0 Å². The minimum atomic E-state index is -0.680. The number of carbonyl (C=O) groups is 1. The number of hydrogen-bond acceptors (Lipinski definition) is 2. The molecule has 0 saturated carbocycles. The Kier molecular flexibility index (Phi) is 5.49. The molecule has 0 aromatic heterocycles. The van der Waals surface area contributed by atoms with Crippen LogP contribution in [-0.4, -0.2) is 23.1 Å². The third-order valence-electron chi connectivity index (χ3n) is 1.44. The zero-order valence-corrected chi connectivity index (χ0v) is 7.28. The Bertz CT molecular complexity index is 104. The molecule has 60 valence electrons. The summed E-state index contributed by atoms with van der Waals surface area (Å²) in [4.78, 5) is 10.2. The second-order valence-corrected chi connectivity index (χ2v) is 3.24. The zero-order chi connectivity index (χ0) is 7.98. The zero-order valence-electron chi connectivity index (χ0n) is 6.46. The first-order valence-electron chi connectivity index (χ1n) is 3.41. The van der Waals surface area contributed by atoms with Crippen molar-refractivity contribution in [2.24, 2.45) is 5.92 Å². The largest absolute Gasteiger partial charge is 0.481 e. The van der Waals surface area contributed by atoms with Crippen molar-refractivity contribution in [3.05, 3.63) is 0 Å². The van der Waals surface area contributed by atoms with E-state index in [9.17, 15) is 4.79 Å². The van der Waals surface area contributed by atoms with Gasteiger partial charge in [0.15, 0.2) is 0 Å². The first-order chi connectivity index (χ1) is 4.70. The van der Waals surface area contributed by atoms with Gasteiger partial charge in [0.05, 0.1) is 0 Å². The molecule has 10 heavy (non-hydrogen) atoms. The smallest absolute Gasteiger partial charge is 0.303 e. The second-order valence-electron chi connectivity index (χ2n) is 2.33. The Morgan fingerprint density at radius 2 is 2.30 bits per heavy atom. The summed E-state index contributed by atoms with van der Waals surface area (Å²) in [5.41, 5.74) is 0. The standard InChI is InChI=1S/C7H14O2S/c1-3-6(5-10-2)4-7(8)9/h6H,3-5H2,1-2H3,(H,8,9). The van der Waals surface area contributed by atoms with Crippen molar-refractivity contribution in [2.75, 3.05) is 12.0 Å². The molecule has 2 nitrogen and oxygen atoms in total. The van der Waals surface area contributed by atoms with E-state index in [4.69, 9.17) is 5.11 Å². The van der Waals surface area contributed by atoms with Crippen LogP contribution in [0.15, 0.2) is 0 Å². The molecule has 0 amide bonds. The molecule has 0 radical (unpaired) electrons. The molecule has 0 heterocycles. The molecule has 0 fully saturated rings. The van der Waals surface area contributed by atoms with E-state index < -0.39 is 5.97 Å². The minimum absolute atomic E-state index is 0.317. The van der Waals surface area contributed by atoms with Crippen molar-refractivity contribution in [1.29, 1.82) is 0 Å². The lowest BCUT2D eigenvalue weighted by atomic mass is 10.1. The van der Waals surface area contributed by atoms with Crippen LogP contribution in [0.3, 0.4) is 0 Å². The van der Waals surface area contributed by atoms with Crippen molar-refractivity contribution in [1.82, 2.24) is 0 Å². The molecule has 0 aliphatic carbocycles. The van der Waals surface area contributed by atoms with E-state index in [0.29, 0.717) is 12.3 Å². The summed E-state index contributed by atoms with van der Waals surface area (Å²) < 4.78 is 0. The SMILES string of the molecule is CCC(CSC)CC(=O)O. The van der Waals surface area contributed by atoms with E-state index in [1.807, 2.05) is 13.2 Å². The predicted molar refractivity (Wildman–Crippen MR) is 44.4 cm³/mol. The summed E-state index contributed by atoms with van der Waals surface area (Å²) in [5.74, 6) is 0.636. The van der Waals surface area contributed by atoms with Gasteiger partial charge in [-0.15, -0.1) is 0 Å². The summed E-state index contributed by atoms with van der Waals surface area (Å²) in [7, 11) is 0. The molecule has 1 N–H and O–H groups in total. The van der Waals surface area contributed by atoms with Crippen LogP contribution >= 0.6 is 11.8 Å². The van der Waals surface area contributed by atoms with Gasteiger partial charge < -0.3 is 5.11 Å². The first kappa shape index (κ1) is 9.82. The molecule has 3 heteroatoms. The summed E-state index contributed by atoms with van der Waals surface area (Å²) in [5, 5.41) is 8.43. The monoisotopic (exact) mass is 162 g/mol. The van der Waals surface area contributed by atoms with Crippen LogP contribution in [-0.2, 0) is 4.79 Å². The maximum absolute atomic E-state index is 10.2. The highest BCUT2D eigenvalue weighted by Crippen LogP contribution is 2.13. The van der Waals surface area contributed by atoms with Crippen LogP contribution in [0.1, 0.15) is 19.8 Å². The lowest BCUT2D eigenvalue weighted by Crippen LogP contribution is -2.08. The van der Waals surface area contributed by atoms with Gasteiger partial charge in [0.25, 0.3) is 0 Å². The Hall–Kier alpha value is -0.180. The number of hydrogen-bond donors (Lipinski definition) is 1. The van der Waals surface area contributed by atoms with Crippen LogP contribution in [0.5, 0.6) is 0 Å². The highest BCUT2D eigenvalue weighted by Gasteiger charge is 2.09. The van der Waals surface area contributed by atoms with Gasteiger partial charge in [-0.2, -0.15) is 11.8 Å². The third-order valence-corrected chi connectivity index (χ3v) is 2.25. The number of rotatable bonds is 5. The number of thioether (sulfide) groups is 1.